The van der Waals surface area contributed by atoms with Gasteiger partial charge >= 0.3 is 0 Å². The lowest BCUT2D eigenvalue weighted by molar-refractivity contribution is -0.115. The van der Waals surface area contributed by atoms with Crippen molar-refractivity contribution in [3.63, 3.8) is 0 Å². The van der Waals surface area contributed by atoms with Crippen LogP contribution in [0.2, 0.25) is 5.02 Å². The number of halogens is 1. The summed E-state index contributed by atoms with van der Waals surface area (Å²) < 4.78 is 26.8. The molecule has 1 amide bonds. The number of carbonyl (C=O) groups is 1. The molecule has 0 spiro atoms. The van der Waals surface area contributed by atoms with Crippen LogP contribution < -0.4 is 11.1 Å². The second kappa shape index (κ2) is 5.24. The molecule has 0 aromatic heterocycles. The Hall–Kier alpha value is -1.15. The first kappa shape index (κ1) is 14.8. The molecule has 1 aromatic rings. The van der Waals surface area contributed by atoms with E-state index in [1.165, 1.54) is 16.4 Å². The normalized spacial score (nSPS) is 23.0. The lowest BCUT2D eigenvalue weighted by Gasteiger charge is -2.30. The van der Waals surface area contributed by atoms with Gasteiger partial charge in [0, 0.05) is 24.8 Å². The highest BCUT2D eigenvalue weighted by Crippen LogP contribution is 2.34. The molecule has 21 heavy (non-hydrogen) atoms. The van der Waals surface area contributed by atoms with Crippen LogP contribution >= 0.6 is 11.6 Å². The molecular formula is C13H16ClN3O3S. The van der Waals surface area contributed by atoms with Gasteiger partial charge in [-0.15, -0.1) is 0 Å². The summed E-state index contributed by atoms with van der Waals surface area (Å²) in [6.45, 7) is 0.744. The Kier molecular flexibility index (Phi) is 3.69. The number of hydrogen-bond donors (Lipinski definition) is 2. The van der Waals surface area contributed by atoms with Crippen molar-refractivity contribution in [3.8, 4) is 0 Å². The van der Waals surface area contributed by atoms with Gasteiger partial charge in [0.25, 0.3) is 0 Å². The number of anilines is 1. The van der Waals surface area contributed by atoms with Crippen molar-refractivity contribution < 1.29 is 13.2 Å². The van der Waals surface area contributed by atoms with Crippen LogP contribution in [-0.2, 0) is 21.2 Å². The lowest BCUT2D eigenvalue weighted by atomic mass is 10.1. The van der Waals surface area contributed by atoms with E-state index >= 15 is 0 Å². The first-order chi connectivity index (χ1) is 9.88. The van der Waals surface area contributed by atoms with Gasteiger partial charge in [-0.1, -0.05) is 11.6 Å². The van der Waals surface area contributed by atoms with Gasteiger partial charge in [-0.3, -0.25) is 4.79 Å². The molecule has 3 rings (SSSR count). The minimum atomic E-state index is -3.68. The van der Waals surface area contributed by atoms with Gasteiger partial charge in [0.1, 0.15) is 4.90 Å². The second-order valence-electron chi connectivity index (χ2n) is 5.43. The number of fused-ring (bicyclic) bond motifs is 1. The number of piperidine rings is 1. The smallest absolute Gasteiger partial charge is 0.244 e. The van der Waals surface area contributed by atoms with E-state index in [0.29, 0.717) is 24.3 Å². The average molecular weight is 330 g/mol. The van der Waals surface area contributed by atoms with E-state index in [1.807, 2.05) is 0 Å². The van der Waals surface area contributed by atoms with Gasteiger partial charge in [0.2, 0.25) is 15.9 Å². The molecule has 1 saturated heterocycles. The fourth-order valence-corrected chi connectivity index (χ4v) is 4.84. The molecule has 2 aliphatic rings. The Morgan fingerprint density at radius 1 is 1.38 bits per heavy atom. The van der Waals surface area contributed by atoms with Crippen LogP contribution in [0, 0.1) is 0 Å². The topological polar surface area (TPSA) is 92.5 Å². The number of hydrogen-bond acceptors (Lipinski definition) is 4. The van der Waals surface area contributed by atoms with Crippen LogP contribution in [0.1, 0.15) is 18.4 Å². The van der Waals surface area contributed by atoms with E-state index in [9.17, 15) is 13.2 Å². The summed E-state index contributed by atoms with van der Waals surface area (Å²) in [6.07, 6.45) is 1.74. The van der Waals surface area contributed by atoms with Crippen molar-refractivity contribution in [1.29, 1.82) is 0 Å². The molecule has 1 aromatic carbocycles. The number of amides is 1. The van der Waals surface area contributed by atoms with Gasteiger partial charge in [-0.25, -0.2) is 8.42 Å². The van der Waals surface area contributed by atoms with Gasteiger partial charge in [0.15, 0.2) is 0 Å². The summed E-state index contributed by atoms with van der Waals surface area (Å²) >= 11 is 6.11. The van der Waals surface area contributed by atoms with E-state index in [2.05, 4.69) is 5.32 Å². The first-order valence-corrected chi connectivity index (χ1v) is 8.58. The maximum absolute atomic E-state index is 12.7. The standard InChI is InChI=1S/C13H16ClN3O3S/c14-10-6-11-8(5-13(18)16-11)4-12(10)21(19,20)17-3-1-2-9(15)7-17/h4,6,9H,1-3,5,7,15H2,(H,16,18). The molecule has 1 atom stereocenters. The lowest BCUT2D eigenvalue weighted by Crippen LogP contribution is -2.45. The van der Waals surface area contributed by atoms with E-state index in [4.69, 9.17) is 17.3 Å². The number of nitrogens with zero attached hydrogens (tertiary/aromatic N) is 1. The van der Waals surface area contributed by atoms with Crippen LogP contribution in [0.5, 0.6) is 0 Å². The van der Waals surface area contributed by atoms with Crippen molar-refractivity contribution in [1.82, 2.24) is 4.31 Å². The summed E-state index contributed by atoms with van der Waals surface area (Å²) in [7, 11) is -3.68. The fourth-order valence-electron chi connectivity index (χ4n) is 2.75. The summed E-state index contributed by atoms with van der Waals surface area (Å²) in [4.78, 5) is 11.4. The molecule has 8 heteroatoms. The fraction of sp³-hybridized carbons (Fsp3) is 0.462. The average Bonchev–Trinajstić information content (AvgIpc) is 2.76. The third-order valence-electron chi connectivity index (χ3n) is 3.82. The molecule has 0 bridgehead atoms. The zero-order valence-corrected chi connectivity index (χ0v) is 12.9. The third-order valence-corrected chi connectivity index (χ3v) is 6.15. The van der Waals surface area contributed by atoms with Crippen LogP contribution in [0.3, 0.4) is 0 Å². The Labute approximate surface area is 128 Å². The van der Waals surface area contributed by atoms with Gasteiger partial charge in [0.05, 0.1) is 11.4 Å². The maximum atomic E-state index is 12.7. The molecule has 3 N–H and O–H groups in total. The number of benzene rings is 1. The number of nitrogens with two attached hydrogens (primary N) is 1. The van der Waals surface area contributed by atoms with E-state index < -0.39 is 10.0 Å². The summed E-state index contributed by atoms with van der Waals surface area (Å²) in [5.74, 6) is -0.157. The summed E-state index contributed by atoms with van der Waals surface area (Å²) in [5.41, 5.74) is 7.09. The molecule has 6 nitrogen and oxygen atoms in total. The second-order valence-corrected chi connectivity index (χ2v) is 7.74. The first-order valence-electron chi connectivity index (χ1n) is 6.76. The Balaban J connectivity index is 2.00. The molecule has 1 unspecified atom stereocenters. The van der Waals surface area contributed by atoms with Gasteiger partial charge in [-0.2, -0.15) is 4.31 Å². The molecule has 0 radical (unpaired) electrons. The van der Waals surface area contributed by atoms with Crippen LogP contribution in [-0.4, -0.2) is 37.8 Å². The highest BCUT2D eigenvalue weighted by atomic mass is 35.5. The Morgan fingerprint density at radius 2 is 2.14 bits per heavy atom. The van der Waals surface area contributed by atoms with Crippen molar-refractivity contribution >= 4 is 33.2 Å². The van der Waals surface area contributed by atoms with Crippen molar-refractivity contribution in [3.05, 3.63) is 22.7 Å². The quantitative estimate of drug-likeness (QED) is 0.844. The zero-order chi connectivity index (χ0) is 15.2. The van der Waals surface area contributed by atoms with Crippen LogP contribution in [0.25, 0.3) is 0 Å². The van der Waals surface area contributed by atoms with Crippen molar-refractivity contribution in [2.75, 3.05) is 18.4 Å². The van der Waals surface area contributed by atoms with Crippen molar-refractivity contribution in [2.24, 2.45) is 5.73 Å². The molecule has 114 valence electrons. The van der Waals surface area contributed by atoms with Gasteiger partial charge in [-0.05, 0) is 30.5 Å². The highest BCUT2D eigenvalue weighted by molar-refractivity contribution is 7.89. The largest absolute Gasteiger partial charge is 0.327 e. The SMILES string of the molecule is NC1CCCN(S(=O)(=O)c2cc3c(cc2Cl)NC(=O)C3)C1. The van der Waals surface area contributed by atoms with Gasteiger partial charge < -0.3 is 11.1 Å². The monoisotopic (exact) mass is 329 g/mol. The number of sulfonamides is 1. The summed E-state index contributed by atoms with van der Waals surface area (Å²) in [5, 5.41) is 2.77. The number of carbonyl (C=O) groups excluding carboxylic acids is 1. The third kappa shape index (κ3) is 2.66. The van der Waals surface area contributed by atoms with Crippen LogP contribution in [0.4, 0.5) is 5.69 Å². The maximum Gasteiger partial charge on any atom is 0.244 e. The van der Waals surface area contributed by atoms with E-state index in [0.717, 1.165) is 12.8 Å². The molecular weight excluding hydrogens is 314 g/mol. The molecule has 1 fully saturated rings. The van der Waals surface area contributed by atoms with E-state index in [-0.39, 0.29) is 28.3 Å². The minimum Gasteiger partial charge on any atom is -0.327 e. The molecule has 0 saturated carbocycles. The number of rotatable bonds is 2. The highest BCUT2D eigenvalue weighted by Gasteiger charge is 2.32. The molecule has 2 heterocycles. The number of nitrogens with one attached hydrogen (secondary N) is 1. The summed E-state index contributed by atoms with van der Waals surface area (Å²) in [6, 6.07) is 2.84. The predicted molar refractivity (Wildman–Crippen MR) is 79.8 cm³/mol. The molecule has 0 aliphatic carbocycles. The van der Waals surface area contributed by atoms with E-state index in [1.54, 1.807) is 0 Å². The minimum absolute atomic E-state index is 0.0496. The Morgan fingerprint density at radius 3 is 2.86 bits per heavy atom. The van der Waals surface area contributed by atoms with Crippen LogP contribution in [0.15, 0.2) is 17.0 Å². The zero-order valence-electron chi connectivity index (χ0n) is 11.3. The van der Waals surface area contributed by atoms with Crippen molar-refractivity contribution in [2.45, 2.75) is 30.2 Å². The predicted octanol–water partition coefficient (Wildman–Crippen LogP) is 0.946. The molecule has 2 aliphatic heterocycles. The Bertz CT molecular complexity index is 705.